The molecule has 1 aromatic heterocycles. The third-order valence-electron chi connectivity index (χ3n) is 3.18. The van der Waals surface area contributed by atoms with Gasteiger partial charge >= 0.3 is 6.09 Å². The number of rotatable bonds is 5. The predicted molar refractivity (Wildman–Crippen MR) is 82.5 cm³/mol. The maximum absolute atomic E-state index is 11.5. The average Bonchev–Trinajstić information content (AvgIpc) is 3.08. The Morgan fingerprint density at radius 3 is 3.38 bits per heavy atom. The number of nitrogens with zero attached hydrogens (tertiary/aromatic N) is 1. The van der Waals surface area contributed by atoms with E-state index in [1.54, 1.807) is 0 Å². The van der Waals surface area contributed by atoms with Crippen LogP contribution in [0.15, 0.2) is 24.4 Å². The van der Waals surface area contributed by atoms with Crippen molar-refractivity contribution in [3.63, 3.8) is 0 Å². The van der Waals surface area contributed by atoms with Crippen LogP contribution in [-0.2, 0) is 17.5 Å². The van der Waals surface area contributed by atoms with Gasteiger partial charge < -0.3 is 19.9 Å². The summed E-state index contributed by atoms with van der Waals surface area (Å²) in [6.07, 6.45) is -3.62. The van der Waals surface area contributed by atoms with Gasteiger partial charge in [-0.25, -0.2) is 4.79 Å². The summed E-state index contributed by atoms with van der Waals surface area (Å²) in [5.74, 6) is 0. The van der Waals surface area contributed by atoms with Crippen LogP contribution in [0.1, 0.15) is 20.7 Å². The van der Waals surface area contributed by atoms with Gasteiger partial charge in [-0.3, -0.25) is 0 Å². The van der Waals surface area contributed by atoms with E-state index in [1.165, 1.54) is 25.2 Å². The number of amides is 1. The number of hydrogen-bond donors (Lipinski definition) is 2. The first-order valence-electron chi connectivity index (χ1n) is 10.9. The number of hydrogen-bond acceptors (Lipinski definition) is 3. The number of likely N-dealkylation sites (N-methyl/N-ethyl adjacent to an activating group) is 1. The number of carbonyl (C=O) groups excluding carboxylic acids is 1. The highest BCUT2D eigenvalue weighted by molar-refractivity contribution is 5.84. The number of ether oxygens (including phenoxy) is 1. The van der Waals surface area contributed by atoms with Crippen LogP contribution < -0.4 is 5.31 Å². The third-order valence-corrected chi connectivity index (χ3v) is 3.18. The highest BCUT2D eigenvalue weighted by Gasteiger charge is 2.22. The lowest BCUT2D eigenvalue weighted by atomic mass is 10.0. The number of cyclic esters (lactones) is 1. The van der Waals surface area contributed by atoms with Gasteiger partial charge in [0.25, 0.3) is 0 Å². The van der Waals surface area contributed by atoms with Crippen molar-refractivity contribution in [1.82, 2.24) is 15.2 Å². The van der Waals surface area contributed by atoms with Crippen LogP contribution in [-0.4, -0.2) is 49.2 Å². The van der Waals surface area contributed by atoms with Gasteiger partial charge in [0.1, 0.15) is 6.61 Å². The topological polar surface area (TPSA) is 57.4 Å². The lowest BCUT2D eigenvalue weighted by Crippen LogP contribution is -2.28. The van der Waals surface area contributed by atoms with Crippen molar-refractivity contribution < 1.29 is 22.0 Å². The molecule has 2 N–H and O–H groups in total. The van der Waals surface area contributed by atoms with Crippen molar-refractivity contribution in [1.29, 1.82) is 0 Å². The zero-order chi connectivity index (χ0) is 22.6. The van der Waals surface area contributed by atoms with E-state index in [0.29, 0.717) is 16.5 Å². The van der Waals surface area contributed by atoms with Crippen molar-refractivity contribution in [2.45, 2.75) is 18.8 Å². The summed E-state index contributed by atoms with van der Waals surface area (Å²) in [4.78, 5) is 13.5. The predicted octanol–water partition coefficient (Wildman–Crippen LogP) is 1.92. The van der Waals surface area contributed by atoms with Crippen LogP contribution in [0.4, 0.5) is 4.79 Å². The number of aromatic amines is 1. The minimum atomic E-state index is -2.49. The molecule has 2 heterocycles. The Morgan fingerprint density at radius 1 is 1.71 bits per heavy atom. The lowest BCUT2D eigenvalue weighted by molar-refractivity contribution is 0.177. The summed E-state index contributed by atoms with van der Waals surface area (Å²) >= 11 is 0. The molecule has 1 amide bonds. The summed E-state index contributed by atoms with van der Waals surface area (Å²) in [6.45, 7) is -2.85. The molecule has 21 heavy (non-hydrogen) atoms. The fourth-order valence-electron chi connectivity index (χ4n) is 2.15. The van der Waals surface area contributed by atoms with Crippen LogP contribution >= 0.6 is 0 Å². The molecule has 0 saturated carbocycles. The molecule has 1 fully saturated rings. The molecule has 1 atom stereocenters. The van der Waals surface area contributed by atoms with Crippen molar-refractivity contribution in [3.05, 3.63) is 35.5 Å². The number of aromatic nitrogens is 1. The van der Waals surface area contributed by atoms with Gasteiger partial charge in [-0.15, -0.1) is 0 Å². The van der Waals surface area contributed by atoms with Crippen LogP contribution in [0.3, 0.4) is 0 Å². The minimum absolute atomic E-state index is 0.0171. The Morgan fingerprint density at radius 2 is 2.62 bits per heavy atom. The largest absolute Gasteiger partial charge is 0.447 e. The number of H-pyrrole nitrogens is 1. The fraction of sp³-hybridized carbons (Fsp3) is 0.438. The van der Waals surface area contributed by atoms with Crippen molar-refractivity contribution >= 4 is 17.0 Å². The molecule has 0 bridgehead atoms. The molecular weight excluding hydrogens is 266 g/mol. The highest BCUT2D eigenvalue weighted by Crippen LogP contribution is 2.21. The molecule has 5 heteroatoms. The first-order valence-corrected chi connectivity index (χ1v) is 6.52. The van der Waals surface area contributed by atoms with E-state index in [-0.39, 0.29) is 30.0 Å². The summed E-state index contributed by atoms with van der Waals surface area (Å²) in [7, 11) is 1.42. The molecule has 0 spiro atoms. The minimum Gasteiger partial charge on any atom is -0.447 e. The van der Waals surface area contributed by atoms with Gasteiger partial charge in [0.05, 0.1) is 8.76 Å². The monoisotopic (exact) mass is 296 g/mol. The molecule has 1 aromatic carbocycles. The first-order chi connectivity index (χ1) is 13.7. The average molecular weight is 296 g/mol. The zero-order valence-electron chi connectivity index (χ0n) is 20.5. The first kappa shape index (κ1) is 6.83. The second-order valence-electron chi connectivity index (χ2n) is 4.84. The van der Waals surface area contributed by atoms with Crippen LogP contribution in [0, 0.1) is 0 Å². The molecule has 112 valence electrons. The zero-order valence-corrected chi connectivity index (χ0v) is 11.5. The molecule has 1 aliphatic heterocycles. The van der Waals surface area contributed by atoms with Crippen LogP contribution in [0.25, 0.3) is 10.9 Å². The maximum Gasteiger partial charge on any atom is 0.407 e. The second kappa shape index (κ2) is 5.77. The van der Waals surface area contributed by atoms with Gasteiger partial charge in [0.2, 0.25) is 0 Å². The quantitative estimate of drug-likeness (QED) is 0.886. The van der Waals surface area contributed by atoms with Gasteiger partial charge in [-0.05, 0) is 50.1 Å². The molecule has 1 saturated heterocycles. The summed E-state index contributed by atoms with van der Waals surface area (Å²) in [5.41, 5.74) is 0.678. The van der Waals surface area contributed by atoms with E-state index in [0.717, 1.165) is 9.88 Å². The number of benzene rings is 1. The van der Waals surface area contributed by atoms with E-state index >= 15 is 0 Å². The summed E-state index contributed by atoms with van der Waals surface area (Å²) in [5, 5.41) is 0.537. The Hall–Kier alpha value is -2.01. The van der Waals surface area contributed by atoms with E-state index in [9.17, 15) is 4.79 Å². The number of alkyl carbamates (subject to hydrolysis) is 1. The Bertz CT molecular complexity index is 990. The van der Waals surface area contributed by atoms with Crippen molar-refractivity contribution in [3.8, 4) is 0 Å². The van der Waals surface area contributed by atoms with E-state index in [1.807, 2.05) is 0 Å². The SMILES string of the molecule is [2H]c1c(CCN(C)C([2H])([2H])[2H])c2cc(C([2H])([2H])[C@@]3([2H])COC(=O)N3[2H])ccc2n1[2H]. The number of nitrogens with one attached hydrogen (secondary N) is 2. The van der Waals surface area contributed by atoms with Gasteiger partial charge in [0, 0.05) is 30.5 Å². The van der Waals surface area contributed by atoms with E-state index in [4.69, 9.17) is 12.4 Å². The second-order valence-corrected chi connectivity index (χ2v) is 4.84. The maximum atomic E-state index is 11.5. The summed E-state index contributed by atoms with van der Waals surface area (Å²) in [6, 6.07) is 1.85. The number of carbonyl (C=O) groups is 1. The van der Waals surface area contributed by atoms with Gasteiger partial charge in [-0.1, -0.05) is 6.07 Å². The highest BCUT2D eigenvalue weighted by atomic mass is 16.6. The molecular formula is C16H21N3O2. The summed E-state index contributed by atoms with van der Waals surface area (Å²) < 4.78 is 76.2. The standard InChI is InChI=1S/C16H21N3O2/c1-19(2)6-5-12-9-17-15-4-3-11(8-14(12)15)7-13-10-21-16(20)18-13/h3-4,8-9,13,17H,5-7,10H2,1-2H3,(H,18,20)/t13-/m0/s1/i1D3,7D2,9D,13D/hD2. The Labute approximate surface area is 137 Å². The number of fused-ring (bicyclic) bond motifs is 1. The molecule has 0 aliphatic carbocycles. The van der Waals surface area contributed by atoms with E-state index in [2.05, 4.69) is 4.74 Å². The molecule has 0 unspecified atom stereocenters. The molecule has 1 aliphatic rings. The Kier molecular flexibility index (Phi) is 1.88. The molecule has 5 nitrogen and oxygen atoms in total. The van der Waals surface area contributed by atoms with Crippen molar-refractivity contribution in [2.24, 2.45) is 0 Å². The third kappa shape index (κ3) is 3.19. The van der Waals surface area contributed by atoms with Crippen molar-refractivity contribution in [2.75, 3.05) is 27.2 Å². The van der Waals surface area contributed by atoms with Gasteiger partial charge in [-0.2, -0.15) is 0 Å². The lowest BCUT2D eigenvalue weighted by Gasteiger charge is -2.09. The fourth-order valence-corrected chi connectivity index (χ4v) is 2.15. The molecule has 0 radical (unpaired) electrons. The van der Waals surface area contributed by atoms with Gasteiger partial charge in [0.15, 0.2) is 2.82 Å². The normalized spacial score (nSPS) is 29.7. The van der Waals surface area contributed by atoms with Crippen LogP contribution in [0.5, 0.6) is 0 Å². The molecule has 3 rings (SSSR count). The Balaban J connectivity index is 2.04. The smallest absolute Gasteiger partial charge is 0.407 e. The van der Waals surface area contributed by atoms with E-state index < -0.39 is 32.1 Å². The van der Waals surface area contributed by atoms with Crippen LogP contribution in [0.2, 0.25) is 2.82 Å². The molecule has 2 aromatic rings.